The largest absolute Gasteiger partial charge is 0.329 e. The molecule has 0 heterocycles. The molecule has 0 amide bonds. The predicted molar refractivity (Wildman–Crippen MR) is 66.1 cm³/mol. The zero-order chi connectivity index (χ0) is 11.8. The van der Waals surface area contributed by atoms with Gasteiger partial charge in [-0.05, 0) is 31.0 Å². The highest BCUT2D eigenvalue weighted by atomic mass is 35.5. The monoisotopic (exact) mass is 257 g/mol. The van der Waals surface area contributed by atoms with E-state index in [1.54, 1.807) is 18.2 Å². The topological polar surface area (TPSA) is 43.1 Å². The van der Waals surface area contributed by atoms with Crippen LogP contribution in [0.25, 0.3) is 0 Å². The van der Waals surface area contributed by atoms with Crippen molar-refractivity contribution in [2.45, 2.75) is 19.3 Å². The van der Waals surface area contributed by atoms with Crippen LogP contribution >= 0.6 is 23.2 Å². The third kappa shape index (κ3) is 1.86. The van der Waals surface area contributed by atoms with Gasteiger partial charge < -0.3 is 5.73 Å². The summed E-state index contributed by atoms with van der Waals surface area (Å²) in [7, 11) is 0. The van der Waals surface area contributed by atoms with Crippen LogP contribution in [-0.4, -0.2) is 12.3 Å². The first-order valence-electron chi connectivity index (χ1n) is 5.29. The number of rotatable bonds is 3. The Morgan fingerprint density at radius 2 is 2.06 bits per heavy atom. The van der Waals surface area contributed by atoms with E-state index in [1.165, 1.54) is 0 Å². The molecule has 2 nitrogen and oxygen atoms in total. The zero-order valence-corrected chi connectivity index (χ0v) is 10.3. The lowest BCUT2D eigenvalue weighted by Gasteiger charge is -2.39. The van der Waals surface area contributed by atoms with E-state index in [4.69, 9.17) is 28.9 Å². The lowest BCUT2D eigenvalue weighted by molar-refractivity contribution is 0.0636. The molecule has 1 aliphatic carbocycles. The van der Waals surface area contributed by atoms with Gasteiger partial charge in [-0.25, -0.2) is 0 Å². The summed E-state index contributed by atoms with van der Waals surface area (Å²) in [5, 5.41) is 0.953. The van der Waals surface area contributed by atoms with Gasteiger partial charge in [0, 0.05) is 22.5 Å². The van der Waals surface area contributed by atoms with Crippen molar-refractivity contribution in [2.75, 3.05) is 6.54 Å². The van der Waals surface area contributed by atoms with Crippen molar-refractivity contribution in [1.29, 1.82) is 0 Å². The maximum Gasteiger partial charge on any atom is 0.171 e. The molecule has 0 unspecified atom stereocenters. The van der Waals surface area contributed by atoms with Crippen LogP contribution in [0.1, 0.15) is 29.6 Å². The number of ketones is 1. The van der Waals surface area contributed by atoms with Gasteiger partial charge in [-0.3, -0.25) is 4.79 Å². The van der Waals surface area contributed by atoms with E-state index in [2.05, 4.69) is 0 Å². The number of carbonyl (C=O) groups excluding carboxylic acids is 1. The summed E-state index contributed by atoms with van der Waals surface area (Å²) in [6.45, 7) is 0.394. The highest BCUT2D eigenvalue weighted by Gasteiger charge is 2.43. The highest BCUT2D eigenvalue weighted by molar-refractivity contribution is 6.37. The molecule has 0 spiro atoms. The quantitative estimate of drug-likeness (QED) is 0.845. The smallest absolute Gasteiger partial charge is 0.171 e. The molecule has 16 heavy (non-hydrogen) atoms. The average Bonchev–Trinajstić information content (AvgIpc) is 2.16. The van der Waals surface area contributed by atoms with Gasteiger partial charge in [0.15, 0.2) is 5.78 Å². The number of nitrogens with two attached hydrogens (primary N) is 1. The molecule has 0 aliphatic heterocycles. The summed E-state index contributed by atoms with van der Waals surface area (Å²) >= 11 is 11.8. The molecule has 1 aromatic rings. The van der Waals surface area contributed by atoms with Crippen molar-refractivity contribution in [1.82, 2.24) is 0 Å². The summed E-state index contributed by atoms with van der Waals surface area (Å²) in [6.07, 6.45) is 2.79. The second-order valence-electron chi connectivity index (χ2n) is 4.29. The Morgan fingerprint density at radius 3 is 2.50 bits per heavy atom. The van der Waals surface area contributed by atoms with E-state index in [0.717, 1.165) is 19.3 Å². The number of hydrogen-bond acceptors (Lipinski definition) is 2. The van der Waals surface area contributed by atoms with Crippen LogP contribution in [0.4, 0.5) is 0 Å². The molecule has 0 bridgehead atoms. The SMILES string of the molecule is NCC1(C(=O)c2ccc(Cl)cc2Cl)CCC1. The van der Waals surface area contributed by atoms with Gasteiger partial charge in [-0.2, -0.15) is 0 Å². The summed E-state index contributed by atoms with van der Waals surface area (Å²) in [5.41, 5.74) is 5.86. The number of Topliss-reactive ketones (excluding diaryl/α,β-unsaturated/α-hetero) is 1. The molecular formula is C12H13Cl2NO. The zero-order valence-electron chi connectivity index (χ0n) is 8.80. The van der Waals surface area contributed by atoms with Gasteiger partial charge >= 0.3 is 0 Å². The number of carbonyl (C=O) groups is 1. The molecule has 0 radical (unpaired) electrons. The molecule has 86 valence electrons. The molecule has 0 saturated heterocycles. The van der Waals surface area contributed by atoms with Crippen LogP contribution in [0.5, 0.6) is 0 Å². The van der Waals surface area contributed by atoms with E-state index in [0.29, 0.717) is 22.2 Å². The Morgan fingerprint density at radius 1 is 1.38 bits per heavy atom. The van der Waals surface area contributed by atoms with Crippen LogP contribution in [0.15, 0.2) is 18.2 Å². The van der Waals surface area contributed by atoms with Gasteiger partial charge in [-0.1, -0.05) is 29.6 Å². The molecule has 1 fully saturated rings. The summed E-state index contributed by atoms with van der Waals surface area (Å²) in [5.74, 6) is 0.0583. The second kappa shape index (κ2) is 4.36. The standard InChI is InChI=1S/C12H13Cl2NO/c13-8-2-3-9(10(14)6-8)11(16)12(7-15)4-1-5-12/h2-3,6H,1,4-5,7,15H2. The average molecular weight is 258 g/mol. The molecule has 0 atom stereocenters. The molecule has 2 N–H and O–H groups in total. The van der Waals surface area contributed by atoms with Crippen LogP contribution in [0.2, 0.25) is 10.0 Å². The van der Waals surface area contributed by atoms with Crippen LogP contribution in [0, 0.1) is 5.41 Å². The number of halogens is 2. The van der Waals surface area contributed by atoms with Crippen LogP contribution in [-0.2, 0) is 0 Å². The van der Waals surface area contributed by atoms with Crippen molar-refractivity contribution >= 4 is 29.0 Å². The van der Waals surface area contributed by atoms with Crippen molar-refractivity contribution in [3.63, 3.8) is 0 Å². The van der Waals surface area contributed by atoms with Gasteiger partial charge in [0.2, 0.25) is 0 Å². The Labute approximate surface area is 105 Å². The maximum atomic E-state index is 12.3. The Bertz CT molecular complexity index is 422. The fourth-order valence-electron chi connectivity index (χ4n) is 2.09. The van der Waals surface area contributed by atoms with Gasteiger partial charge in [0.25, 0.3) is 0 Å². The Kier molecular flexibility index (Phi) is 3.24. The Balaban J connectivity index is 2.33. The number of benzene rings is 1. The lowest BCUT2D eigenvalue weighted by atomic mass is 9.64. The number of hydrogen-bond donors (Lipinski definition) is 1. The normalized spacial score (nSPS) is 17.9. The van der Waals surface area contributed by atoms with E-state index in [9.17, 15) is 4.79 Å². The summed E-state index contributed by atoms with van der Waals surface area (Å²) < 4.78 is 0. The third-order valence-corrected chi connectivity index (χ3v) is 3.91. The first-order chi connectivity index (χ1) is 7.59. The highest BCUT2D eigenvalue weighted by Crippen LogP contribution is 2.43. The van der Waals surface area contributed by atoms with E-state index in [-0.39, 0.29) is 11.2 Å². The Hall–Kier alpha value is -0.570. The van der Waals surface area contributed by atoms with Crippen molar-refractivity contribution in [3.8, 4) is 0 Å². The van der Waals surface area contributed by atoms with Gasteiger partial charge in [0.1, 0.15) is 0 Å². The summed E-state index contributed by atoms with van der Waals surface area (Å²) in [4.78, 5) is 12.3. The molecule has 1 aliphatic rings. The minimum Gasteiger partial charge on any atom is -0.329 e. The van der Waals surface area contributed by atoms with Crippen LogP contribution < -0.4 is 5.73 Å². The van der Waals surface area contributed by atoms with Gasteiger partial charge in [0.05, 0.1) is 5.02 Å². The van der Waals surface area contributed by atoms with Crippen molar-refractivity contribution in [3.05, 3.63) is 33.8 Å². The van der Waals surface area contributed by atoms with Gasteiger partial charge in [-0.15, -0.1) is 0 Å². The summed E-state index contributed by atoms with van der Waals surface area (Å²) in [6, 6.07) is 4.96. The first-order valence-corrected chi connectivity index (χ1v) is 6.04. The molecule has 1 saturated carbocycles. The minimum absolute atomic E-state index is 0.0583. The second-order valence-corrected chi connectivity index (χ2v) is 5.13. The fraction of sp³-hybridized carbons (Fsp3) is 0.417. The first kappa shape index (κ1) is 11.9. The minimum atomic E-state index is -0.378. The van der Waals surface area contributed by atoms with Crippen molar-refractivity contribution in [2.24, 2.45) is 11.1 Å². The fourth-order valence-corrected chi connectivity index (χ4v) is 2.58. The van der Waals surface area contributed by atoms with Crippen LogP contribution in [0.3, 0.4) is 0 Å². The molecule has 2 rings (SSSR count). The third-order valence-electron chi connectivity index (χ3n) is 3.36. The van der Waals surface area contributed by atoms with E-state index in [1.807, 2.05) is 0 Å². The molecule has 0 aromatic heterocycles. The predicted octanol–water partition coefficient (Wildman–Crippen LogP) is 3.31. The maximum absolute atomic E-state index is 12.3. The molecule has 4 heteroatoms. The lowest BCUT2D eigenvalue weighted by Crippen LogP contribution is -2.44. The van der Waals surface area contributed by atoms with E-state index < -0.39 is 0 Å². The molecule has 1 aromatic carbocycles. The molecular weight excluding hydrogens is 245 g/mol. The van der Waals surface area contributed by atoms with E-state index >= 15 is 0 Å². The van der Waals surface area contributed by atoms with Crippen molar-refractivity contribution < 1.29 is 4.79 Å².